The van der Waals surface area contributed by atoms with Crippen LogP contribution in [-0.4, -0.2) is 17.4 Å². The summed E-state index contributed by atoms with van der Waals surface area (Å²) in [7, 11) is 0. The third kappa shape index (κ3) is 1.72. The molecule has 0 bridgehead atoms. The lowest BCUT2D eigenvalue weighted by atomic mass is 9.99. The normalized spacial score (nSPS) is 32.6. The summed E-state index contributed by atoms with van der Waals surface area (Å²) in [6.45, 7) is 10.3. The quantitative estimate of drug-likeness (QED) is 0.723. The molecular weight excluding hydrogens is 228 g/mol. The predicted molar refractivity (Wildman–Crippen MR) is 68.9 cm³/mol. The average Bonchev–Trinajstić information content (AvgIpc) is 2.56. The molecule has 0 amide bonds. The Bertz CT molecular complexity index is 417. The number of esters is 1. The Kier molecular flexibility index (Phi) is 2.73. The molecule has 2 aliphatic carbocycles. The molecule has 1 saturated carbocycles. The number of hydrogen-bond acceptors (Lipinski definition) is 3. The van der Waals surface area contributed by atoms with Gasteiger partial charge in [0.25, 0.3) is 0 Å². The molecule has 100 valence electrons. The highest BCUT2D eigenvalue weighted by Crippen LogP contribution is 2.68. The average molecular weight is 250 g/mol. The molecule has 2 aliphatic rings. The molecular formula is C15H22O3. The van der Waals surface area contributed by atoms with E-state index in [1.165, 1.54) is 6.08 Å². The highest BCUT2D eigenvalue weighted by atomic mass is 16.6. The first-order valence-electron chi connectivity index (χ1n) is 6.61. The summed E-state index contributed by atoms with van der Waals surface area (Å²) < 4.78 is 5.67. The smallest absolute Gasteiger partial charge is 0.310 e. The number of hydrogen-bond donors (Lipinski definition) is 0. The number of carbonyl (C=O) groups excluding carboxylic acids is 2. The first kappa shape index (κ1) is 13.3. The second kappa shape index (κ2) is 3.69. The minimum absolute atomic E-state index is 0.0225. The Balaban J connectivity index is 2.10. The molecule has 1 unspecified atom stereocenters. The number of ether oxygens (including phenoxy) is 1. The Morgan fingerprint density at radius 3 is 2.22 bits per heavy atom. The van der Waals surface area contributed by atoms with E-state index in [-0.39, 0.29) is 28.5 Å². The Morgan fingerprint density at radius 2 is 1.89 bits per heavy atom. The maximum atomic E-state index is 12.3. The lowest BCUT2D eigenvalue weighted by molar-refractivity contribution is -0.159. The second-order valence-corrected chi connectivity index (χ2v) is 6.69. The van der Waals surface area contributed by atoms with Gasteiger partial charge in [-0.25, -0.2) is 0 Å². The van der Waals surface area contributed by atoms with Crippen molar-refractivity contribution in [3.05, 3.63) is 12.2 Å². The van der Waals surface area contributed by atoms with E-state index in [2.05, 4.69) is 27.7 Å². The van der Waals surface area contributed by atoms with E-state index in [1.54, 1.807) is 6.08 Å². The van der Waals surface area contributed by atoms with Gasteiger partial charge in [0.05, 0.1) is 12.3 Å². The van der Waals surface area contributed by atoms with Crippen LogP contribution >= 0.6 is 0 Å². The molecule has 0 N–H and O–H groups in total. The van der Waals surface area contributed by atoms with Crippen LogP contribution in [0.1, 0.15) is 47.5 Å². The van der Waals surface area contributed by atoms with Gasteiger partial charge in [-0.2, -0.15) is 0 Å². The zero-order valence-electron chi connectivity index (χ0n) is 11.9. The first-order valence-corrected chi connectivity index (χ1v) is 6.61. The lowest BCUT2D eigenvalue weighted by Gasteiger charge is -2.25. The van der Waals surface area contributed by atoms with E-state index in [1.807, 2.05) is 6.92 Å². The summed E-state index contributed by atoms with van der Waals surface area (Å²) in [5.74, 6) is -0.192. The van der Waals surface area contributed by atoms with Crippen molar-refractivity contribution in [3.8, 4) is 0 Å². The van der Waals surface area contributed by atoms with Crippen molar-refractivity contribution < 1.29 is 14.3 Å². The summed E-state index contributed by atoms with van der Waals surface area (Å²) in [5, 5.41) is 0. The summed E-state index contributed by atoms with van der Waals surface area (Å²) in [6, 6.07) is 0. The third-order valence-electron chi connectivity index (χ3n) is 5.21. The molecule has 1 fully saturated rings. The van der Waals surface area contributed by atoms with Crippen LogP contribution in [0.15, 0.2) is 12.2 Å². The molecule has 3 nitrogen and oxygen atoms in total. The number of ketones is 1. The van der Waals surface area contributed by atoms with Crippen molar-refractivity contribution in [2.24, 2.45) is 16.7 Å². The van der Waals surface area contributed by atoms with E-state index >= 15 is 0 Å². The second-order valence-electron chi connectivity index (χ2n) is 6.69. The van der Waals surface area contributed by atoms with Crippen LogP contribution in [0.5, 0.6) is 0 Å². The van der Waals surface area contributed by atoms with Crippen LogP contribution in [-0.2, 0) is 14.3 Å². The fraction of sp³-hybridized carbons (Fsp3) is 0.733. The van der Waals surface area contributed by atoms with Crippen LogP contribution in [0.2, 0.25) is 0 Å². The van der Waals surface area contributed by atoms with Crippen molar-refractivity contribution in [3.63, 3.8) is 0 Å². The van der Waals surface area contributed by atoms with Crippen molar-refractivity contribution in [2.75, 3.05) is 0 Å². The molecule has 0 saturated heterocycles. The maximum absolute atomic E-state index is 12.3. The fourth-order valence-electron chi connectivity index (χ4n) is 3.09. The summed E-state index contributed by atoms with van der Waals surface area (Å²) >= 11 is 0. The van der Waals surface area contributed by atoms with Crippen LogP contribution in [0, 0.1) is 16.7 Å². The van der Waals surface area contributed by atoms with Crippen LogP contribution in [0.25, 0.3) is 0 Å². The zero-order chi connectivity index (χ0) is 13.8. The Labute approximate surface area is 109 Å². The molecule has 0 aromatic rings. The Morgan fingerprint density at radius 1 is 1.33 bits per heavy atom. The van der Waals surface area contributed by atoms with Crippen molar-refractivity contribution >= 4 is 11.8 Å². The highest BCUT2D eigenvalue weighted by molar-refractivity contribution is 5.94. The molecule has 18 heavy (non-hydrogen) atoms. The molecule has 0 radical (unpaired) electrons. The van der Waals surface area contributed by atoms with Crippen molar-refractivity contribution in [1.82, 2.24) is 0 Å². The highest BCUT2D eigenvalue weighted by Gasteiger charge is 2.69. The number of allylic oxidation sites excluding steroid dienone is 1. The summed E-state index contributed by atoms with van der Waals surface area (Å²) in [6.07, 6.45) is 4.22. The standard InChI is InChI=1S/C15H22O3/c1-6-15(8-7-10(16)9-15)18-12(17)11-13(2,3)14(11,4)5/h7-8,11H,6,9H2,1-5H3. The molecule has 0 aromatic carbocycles. The topological polar surface area (TPSA) is 43.4 Å². The molecule has 0 aromatic heterocycles. The van der Waals surface area contributed by atoms with E-state index in [0.29, 0.717) is 12.8 Å². The monoisotopic (exact) mass is 250 g/mol. The number of rotatable bonds is 3. The zero-order valence-corrected chi connectivity index (χ0v) is 11.9. The van der Waals surface area contributed by atoms with Crippen LogP contribution < -0.4 is 0 Å². The van der Waals surface area contributed by atoms with Gasteiger partial charge in [-0.1, -0.05) is 34.6 Å². The largest absolute Gasteiger partial charge is 0.454 e. The van der Waals surface area contributed by atoms with Crippen LogP contribution in [0.3, 0.4) is 0 Å². The van der Waals surface area contributed by atoms with Gasteiger partial charge in [0.15, 0.2) is 5.78 Å². The van der Waals surface area contributed by atoms with Gasteiger partial charge in [0.1, 0.15) is 5.60 Å². The molecule has 0 aliphatic heterocycles. The lowest BCUT2D eigenvalue weighted by Crippen LogP contribution is -2.33. The van der Waals surface area contributed by atoms with E-state index in [4.69, 9.17) is 4.74 Å². The SMILES string of the molecule is CCC1(OC(=O)C2C(C)(C)C2(C)C)C=CC(=O)C1. The minimum atomic E-state index is -0.692. The van der Waals surface area contributed by atoms with Gasteiger partial charge in [0, 0.05) is 0 Å². The van der Waals surface area contributed by atoms with Crippen LogP contribution in [0.4, 0.5) is 0 Å². The first-order chi connectivity index (χ1) is 8.16. The fourth-order valence-corrected chi connectivity index (χ4v) is 3.09. The van der Waals surface area contributed by atoms with Gasteiger partial charge in [-0.05, 0) is 29.4 Å². The van der Waals surface area contributed by atoms with Crippen molar-refractivity contribution in [1.29, 1.82) is 0 Å². The van der Waals surface area contributed by atoms with E-state index in [9.17, 15) is 9.59 Å². The van der Waals surface area contributed by atoms with Gasteiger partial charge < -0.3 is 4.74 Å². The molecule has 0 spiro atoms. The summed E-state index contributed by atoms with van der Waals surface area (Å²) in [5.41, 5.74) is -0.737. The van der Waals surface area contributed by atoms with Gasteiger partial charge in [-0.15, -0.1) is 0 Å². The van der Waals surface area contributed by atoms with Gasteiger partial charge in [0.2, 0.25) is 0 Å². The third-order valence-corrected chi connectivity index (χ3v) is 5.21. The van der Waals surface area contributed by atoms with Gasteiger partial charge in [-0.3, -0.25) is 9.59 Å². The van der Waals surface area contributed by atoms with Gasteiger partial charge >= 0.3 is 5.97 Å². The molecule has 3 heteroatoms. The predicted octanol–water partition coefficient (Wildman–Crippen LogP) is 2.89. The van der Waals surface area contributed by atoms with Crippen molar-refractivity contribution in [2.45, 2.75) is 53.1 Å². The molecule has 1 atom stereocenters. The number of carbonyl (C=O) groups is 2. The summed E-state index contributed by atoms with van der Waals surface area (Å²) in [4.78, 5) is 23.7. The van der Waals surface area contributed by atoms with E-state index in [0.717, 1.165) is 0 Å². The maximum Gasteiger partial charge on any atom is 0.310 e. The van der Waals surface area contributed by atoms with E-state index < -0.39 is 5.60 Å². The minimum Gasteiger partial charge on any atom is -0.454 e. The Hall–Kier alpha value is -1.12. The molecule has 0 heterocycles. The molecule has 2 rings (SSSR count).